The molecule has 0 saturated carbocycles. The van der Waals surface area contributed by atoms with E-state index in [1.807, 2.05) is 0 Å². The lowest BCUT2D eigenvalue weighted by Crippen LogP contribution is -2.12. The smallest absolute Gasteiger partial charge is 0.294 e. The van der Waals surface area contributed by atoms with Crippen LogP contribution in [-0.4, -0.2) is 4.92 Å². The molecular formula is C13H11F2N3O3. The van der Waals surface area contributed by atoms with Gasteiger partial charge >= 0.3 is 0 Å². The predicted molar refractivity (Wildman–Crippen MR) is 71.6 cm³/mol. The summed E-state index contributed by atoms with van der Waals surface area (Å²) in [6, 6.07) is 7.75. The molecule has 2 aromatic rings. The maximum absolute atomic E-state index is 13.4. The van der Waals surface area contributed by atoms with E-state index in [4.69, 9.17) is 10.6 Å². The highest BCUT2D eigenvalue weighted by atomic mass is 19.2. The first-order chi connectivity index (χ1) is 10.0. The summed E-state index contributed by atoms with van der Waals surface area (Å²) in [5, 5.41) is 10.9. The van der Waals surface area contributed by atoms with Crippen LogP contribution in [0.5, 0.6) is 5.75 Å². The minimum Gasteiger partial charge on any atom is -0.486 e. The molecule has 0 spiro atoms. The van der Waals surface area contributed by atoms with E-state index in [0.29, 0.717) is 5.56 Å². The van der Waals surface area contributed by atoms with E-state index in [1.165, 1.54) is 30.3 Å². The van der Waals surface area contributed by atoms with Gasteiger partial charge in [-0.15, -0.1) is 0 Å². The molecule has 0 unspecified atom stereocenters. The number of ether oxygens (including phenoxy) is 1. The van der Waals surface area contributed by atoms with Crippen molar-refractivity contribution in [1.29, 1.82) is 0 Å². The number of para-hydroxylation sites is 1. The number of benzene rings is 2. The monoisotopic (exact) mass is 295 g/mol. The molecule has 0 atom stereocenters. The summed E-state index contributed by atoms with van der Waals surface area (Å²) in [6.45, 7) is -0.207. The molecule has 0 aromatic heterocycles. The zero-order chi connectivity index (χ0) is 15.4. The lowest BCUT2D eigenvalue weighted by atomic mass is 10.1. The van der Waals surface area contributed by atoms with Crippen molar-refractivity contribution >= 4 is 11.4 Å². The number of hydrazine groups is 1. The molecule has 6 nitrogen and oxygen atoms in total. The van der Waals surface area contributed by atoms with Gasteiger partial charge in [0.1, 0.15) is 12.3 Å². The number of nitrogens with two attached hydrogens (primary N) is 1. The Morgan fingerprint density at radius 2 is 1.95 bits per heavy atom. The second-order valence-corrected chi connectivity index (χ2v) is 4.05. The number of nitrogens with zero attached hydrogens (tertiary/aromatic N) is 1. The van der Waals surface area contributed by atoms with Crippen LogP contribution in [-0.2, 0) is 6.61 Å². The molecule has 0 amide bonds. The Bertz CT molecular complexity index is 680. The maximum Gasteiger partial charge on any atom is 0.294 e. The Balaban J connectivity index is 2.26. The van der Waals surface area contributed by atoms with Crippen molar-refractivity contribution in [1.82, 2.24) is 0 Å². The maximum atomic E-state index is 13.4. The summed E-state index contributed by atoms with van der Waals surface area (Å²) >= 11 is 0. The molecule has 0 aliphatic heterocycles. The number of nitro groups is 1. The lowest BCUT2D eigenvalue weighted by molar-refractivity contribution is -0.384. The van der Waals surface area contributed by atoms with Gasteiger partial charge in [0.15, 0.2) is 11.6 Å². The molecule has 8 heteroatoms. The quantitative estimate of drug-likeness (QED) is 0.503. The number of nitrogen functional groups attached to an aromatic ring is 1. The zero-order valence-corrected chi connectivity index (χ0v) is 10.7. The highest BCUT2D eigenvalue weighted by Gasteiger charge is 2.17. The van der Waals surface area contributed by atoms with Gasteiger partial charge in [0.05, 0.1) is 4.92 Å². The molecule has 2 rings (SSSR count). The Morgan fingerprint density at radius 3 is 2.62 bits per heavy atom. The highest BCUT2D eigenvalue weighted by Crippen LogP contribution is 2.29. The standard InChI is InChI=1S/C13H11F2N3O3/c14-9-4-2-6-11(12(9)15)21-7-8-3-1-5-10(18(19)20)13(8)17-16/h1-6,17H,7,16H2. The van der Waals surface area contributed by atoms with Crippen molar-refractivity contribution in [3.05, 3.63) is 63.7 Å². The van der Waals surface area contributed by atoms with E-state index in [1.54, 1.807) is 0 Å². The second kappa shape index (κ2) is 6.14. The number of nitro benzene ring substituents is 1. The molecule has 0 heterocycles. The Hall–Kier alpha value is -2.74. The fraction of sp³-hybridized carbons (Fsp3) is 0.0769. The molecule has 0 fully saturated rings. The van der Waals surface area contributed by atoms with Gasteiger partial charge in [-0.25, -0.2) is 4.39 Å². The lowest BCUT2D eigenvalue weighted by Gasteiger charge is -2.11. The summed E-state index contributed by atoms with van der Waals surface area (Å²) in [6.07, 6.45) is 0. The van der Waals surface area contributed by atoms with Crippen LogP contribution in [0.4, 0.5) is 20.2 Å². The van der Waals surface area contributed by atoms with Crippen molar-refractivity contribution in [2.45, 2.75) is 6.61 Å². The fourth-order valence-electron chi connectivity index (χ4n) is 1.78. The van der Waals surface area contributed by atoms with E-state index in [9.17, 15) is 18.9 Å². The average molecular weight is 295 g/mol. The number of hydrogen-bond acceptors (Lipinski definition) is 5. The summed E-state index contributed by atoms with van der Waals surface area (Å²) in [7, 11) is 0. The van der Waals surface area contributed by atoms with Crippen LogP contribution < -0.4 is 16.0 Å². The molecule has 0 aliphatic carbocycles. The molecule has 3 N–H and O–H groups in total. The molecule has 110 valence electrons. The normalized spacial score (nSPS) is 10.2. The average Bonchev–Trinajstić information content (AvgIpc) is 2.48. The Kier molecular flexibility index (Phi) is 4.29. The zero-order valence-electron chi connectivity index (χ0n) is 10.7. The minimum atomic E-state index is -1.12. The van der Waals surface area contributed by atoms with Crippen molar-refractivity contribution in [2.24, 2.45) is 5.84 Å². The van der Waals surface area contributed by atoms with Gasteiger partial charge in [-0.3, -0.25) is 16.0 Å². The molecule has 21 heavy (non-hydrogen) atoms. The van der Waals surface area contributed by atoms with Gasteiger partial charge in [0.2, 0.25) is 5.82 Å². The number of hydrogen-bond donors (Lipinski definition) is 2. The molecule has 0 bridgehead atoms. The van der Waals surface area contributed by atoms with Crippen LogP contribution in [0.15, 0.2) is 36.4 Å². The third kappa shape index (κ3) is 3.06. The van der Waals surface area contributed by atoms with Gasteiger partial charge < -0.3 is 10.2 Å². The largest absolute Gasteiger partial charge is 0.486 e. The van der Waals surface area contributed by atoms with Crippen LogP contribution in [0.25, 0.3) is 0 Å². The van der Waals surface area contributed by atoms with E-state index in [2.05, 4.69) is 5.43 Å². The van der Waals surface area contributed by atoms with E-state index >= 15 is 0 Å². The highest BCUT2D eigenvalue weighted by molar-refractivity contribution is 5.65. The van der Waals surface area contributed by atoms with Crippen molar-refractivity contribution < 1.29 is 18.4 Å². The molecule has 0 radical (unpaired) electrons. The van der Waals surface area contributed by atoms with Crippen LogP contribution in [0, 0.1) is 21.7 Å². The minimum absolute atomic E-state index is 0.0549. The third-order valence-electron chi connectivity index (χ3n) is 2.77. The van der Waals surface area contributed by atoms with Gasteiger partial charge in [-0.05, 0) is 12.1 Å². The molecule has 0 saturated heterocycles. The molecule has 2 aromatic carbocycles. The van der Waals surface area contributed by atoms with Gasteiger partial charge in [-0.1, -0.05) is 18.2 Å². The predicted octanol–water partition coefficient (Wildman–Crippen LogP) is 2.74. The molecule has 0 aliphatic rings. The van der Waals surface area contributed by atoms with E-state index in [-0.39, 0.29) is 23.7 Å². The van der Waals surface area contributed by atoms with Gasteiger partial charge in [0, 0.05) is 11.6 Å². The summed E-state index contributed by atoms with van der Waals surface area (Å²) in [5.74, 6) is 2.82. The number of anilines is 1. The number of halogens is 2. The summed E-state index contributed by atoms with van der Waals surface area (Å²) in [4.78, 5) is 10.3. The van der Waals surface area contributed by atoms with Crippen molar-refractivity contribution in [3.8, 4) is 5.75 Å². The van der Waals surface area contributed by atoms with E-state index < -0.39 is 16.6 Å². The first-order valence-corrected chi connectivity index (χ1v) is 5.84. The Morgan fingerprint density at radius 1 is 1.24 bits per heavy atom. The second-order valence-electron chi connectivity index (χ2n) is 4.05. The third-order valence-corrected chi connectivity index (χ3v) is 2.77. The summed E-state index contributed by atoms with van der Waals surface area (Å²) < 4.78 is 31.6. The van der Waals surface area contributed by atoms with E-state index in [0.717, 1.165) is 6.07 Å². The first-order valence-electron chi connectivity index (χ1n) is 5.84. The van der Waals surface area contributed by atoms with Gasteiger partial charge in [0.25, 0.3) is 5.69 Å². The summed E-state index contributed by atoms with van der Waals surface area (Å²) in [5.41, 5.74) is 2.38. The molecular weight excluding hydrogens is 284 g/mol. The fourth-order valence-corrected chi connectivity index (χ4v) is 1.78. The number of rotatable bonds is 5. The van der Waals surface area contributed by atoms with Crippen LogP contribution in [0.3, 0.4) is 0 Å². The first kappa shape index (κ1) is 14.7. The van der Waals surface area contributed by atoms with Crippen molar-refractivity contribution in [2.75, 3.05) is 5.43 Å². The SMILES string of the molecule is NNc1c(COc2cccc(F)c2F)cccc1[N+](=O)[O-]. The Labute approximate surface area is 118 Å². The topological polar surface area (TPSA) is 90.4 Å². The van der Waals surface area contributed by atoms with Crippen molar-refractivity contribution in [3.63, 3.8) is 0 Å². The van der Waals surface area contributed by atoms with Crippen LogP contribution >= 0.6 is 0 Å². The van der Waals surface area contributed by atoms with Gasteiger partial charge in [-0.2, -0.15) is 4.39 Å². The van der Waals surface area contributed by atoms with Crippen LogP contribution in [0.2, 0.25) is 0 Å². The number of nitrogens with one attached hydrogen (secondary N) is 1. The van der Waals surface area contributed by atoms with Crippen LogP contribution in [0.1, 0.15) is 5.56 Å².